The van der Waals surface area contributed by atoms with Crippen LogP contribution in [0.1, 0.15) is 19.4 Å². The Morgan fingerprint density at radius 3 is 2.58 bits per heavy atom. The van der Waals surface area contributed by atoms with Crippen LogP contribution in [0, 0.1) is 3.57 Å². The predicted molar refractivity (Wildman–Crippen MR) is 85.4 cm³/mol. The highest BCUT2D eigenvalue weighted by Crippen LogP contribution is 2.22. The lowest BCUT2D eigenvalue weighted by molar-refractivity contribution is 0.478. The van der Waals surface area contributed by atoms with E-state index >= 15 is 0 Å². The minimum Gasteiger partial charge on any atom is -0.456 e. The predicted octanol–water partition coefficient (Wildman–Crippen LogP) is 3.98. The Kier molecular flexibility index (Phi) is 5.15. The van der Waals surface area contributed by atoms with Gasteiger partial charge in [0.05, 0.1) is 6.20 Å². The Morgan fingerprint density at radius 1 is 1.16 bits per heavy atom. The van der Waals surface area contributed by atoms with Crippen molar-refractivity contribution in [2.24, 2.45) is 0 Å². The lowest BCUT2D eigenvalue weighted by Gasteiger charge is -2.10. The number of pyridine rings is 1. The first-order valence-electron chi connectivity index (χ1n) is 6.24. The maximum Gasteiger partial charge on any atom is 0.146 e. The second-order valence-electron chi connectivity index (χ2n) is 4.62. The number of rotatable bonds is 5. The number of benzene rings is 1. The van der Waals surface area contributed by atoms with E-state index < -0.39 is 0 Å². The Morgan fingerprint density at radius 2 is 1.89 bits per heavy atom. The van der Waals surface area contributed by atoms with Crippen molar-refractivity contribution in [1.82, 2.24) is 10.3 Å². The van der Waals surface area contributed by atoms with E-state index in [1.54, 1.807) is 6.20 Å². The Hall–Kier alpha value is -1.14. The van der Waals surface area contributed by atoms with Crippen molar-refractivity contribution in [3.8, 4) is 11.5 Å². The highest BCUT2D eigenvalue weighted by Gasteiger charge is 2.01. The van der Waals surface area contributed by atoms with Gasteiger partial charge in [-0.15, -0.1) is 0 Å². The molecule has 0 unspecified atom stereocenters. The summed E-state index contributed by atoms with van der Waals surface area (Å²) in [5.74, 6) is 1.60. The average Bonchev–Trinajstić information content (AvgIpc) is 2.40. The number of hydrogen-bond acceptors (Lipinski definition) is 3. The molecule has 0 bridgehead atoms. The number of halogens is 1. The summed E-state index contributed by atoms with van der Waals surface area (Å²) in [6, 6.07) is 10.4. The van der Waals surface area contributed by atoms with Crippen molar-refractivity contribution >= 4 is 22.6 Å². The van der Waals surface area contributed by atoms with E-state index in [1.165, 1.54) is 3.57 Å². The van der Waals surface area contributed by atoms with Crippen LogP contribution in [0.4, 0.5) is 0 Å². The fourth-order valence-electron chi connectivity index (χ4n) is 1.58. The molecule has 1 N–H and O–H groups in total. The summed E-state index contributed by atoms with van der Waals surface area (Å²) in [7, 11) is 0. The van der Waals surface area contributed by atoms with E-state index in [2.05, 4.69) is 46.7 Å². The molecule has 0 saturated heterocycles. The molecule has 0 aliphatic heterocycles. The number of aromatic nitrogens is 1. The van der Waals surface area contributed by atoms with E-state index in [0.29, 0.717) is 6.04 Å². The minimum atomic E-state index is 0.459. The molecule has 0 radical (unpaired) electrons. The molecule has 100 valence electrons. The largest absolute Gasteiger partial charge is 0.456 e. The third-order valence-corrected chi connectivity index (χ3v) is 3.25. The van der Waals surface area contributed by atoms with Gasteiger partial charge in [-0.25, -0.2) is 0 Å². The zero-order chi connectivity index (χ0) is 13.7. The van der Waals surface area contributed by atoms with E-state index in [9.17, 15) is 0 Å². The molecule has 19 heavy (non-hydrogen) atoms. The third-order valence-electron chi connectivity index (χ3n) is 2.53. The summed E-state index contributed by atoms with van der Waals surface area (Å²) in [5.41, 5.74) is 1.12. The average molecular weight is 368 g/mol. The van der Waals surface area contributed by atoms with E-state index in [4.69, 9.17) is 4.74 Å². The third kappa shape index (κ3) is 4.80. The molecule has 2 rings (SSSR count). The monoisotopic (exact) mass is 368 g/mol. The molecule has 1 aromatic heterocycles. The number of hydrogen-bond donors (Lipinski definition) is 1. The van der Waals surface area contributed by atoms with Gasteiger partial charge in [-0.05, 0) is 58.5 Å². The van der Waals surface area contributed by atoms with Gasteiger partial charge in [0, 0.05) is 22.4 Å². The van der Waals surface area contributed by atoms with Crippen molar-refractivity contribution in [2.75, 3.05) is 0 Å². The number of nitrogens with zero attached hydrogens (tertiary/aromatic N) is 1. The number of ether oxygens (including phenoxy) is 1. The summed E-state index contributed by atoms with van der Waals surface area (Å²) in [4.78, 5) is 4.21. The lowest BCUT2D eigenvalue weighted by Crippen LogP contribution is -2.21. The van der Waals surface area contributed by atoms with E-state index in [0.717, 1.165) is 23.6 Å². The van der Waals surface area contributed by atoms with Gasteiger partial charge in [-0.1, -0.05) is 13.8 Å². The second-order valence-corrected chi connectivity index (χ2v) is 5.87. The van der Waals surface area contributed by atoms with Crippen molar-refractivity contribution in [1.29, 1.82) is 0 Å². The summed E-state index contributed by atoms with van der Waals surface area (Å²) in [6.45, 7) is 5.05. The van der Waals surface area contributed by atoms with Crippen molar-refractivity contribution in [3.63, 3.8) is 0 Å². The SMILES string of the molecule is CC(C)NCc1cncc(Oc2ccc(I)cc2)c1. The van der Waals surface area contributed by atoms with Crippen LogP contribution in [0.15, 0.2) is 42.7 Å². The molecule has 4 heteroatoms. The molecular formula is C15H17IN2O. The minimum absolute atomic E-state index is 0.459. The van der Waals surface area contributed by atoms with Crippen LogP contribution >= 0.6 is 22.6 Å². The molecule has 3 nitrogen and oxygen atoms in total. The summed E-state index contributed by atoms with van der Waals surface area (Å²) in [5, 5.41) is 3.36. The van der Waals surface area contributed by atoms with Crippen molar-refractivity contribution in [2.45, 2.75) is 26.4 Å². The molecule has 2 aromatic rings. The van der Waals surface area contributed by atoms with Crippen molar-refractivity contribution in [3.05, 3.63) is 51.9 Å². The molecule has 1 heterocycles. The molecule has 0 amide bonds. The fraction of sp³-hybridized carbons (Fsp3) is 0.267. The summed E-state index contributed by atoms with van der Waals surface area (Å²) < 4.78 is 6.98. The molecular weight excluding hydrogens is 351 g/mol. The fourth-order valence-corrected chi connectivity index (χ4v) is 1.94. The lowest BCUT2D eigenvalue weighted by atomic mass is 10.2. The van der Waals surface area contributed by atoms with E-state index in [-0.39, 0.29) is 0 Å². The van der Waals surface area contributed by atoms with Gasteiger partial charge >= 0.3 is 0 Å². The first-order valence-corrected chi connectivity index (χ1v) is 7.32. The summed E-state index contributed by atoms with van der Waals surface area (Å²) in [6.07, 6.45) is 3.59. The molecule has 0 saturated carbocycles. The zero-order valence-corrected chi connectivity index (χ0v) is 13.2. The van der Waals surface area contributed by atoms with Gasteiger partial charge in [0.2, 0.25) is 0 Å². The highest BCUT2D eigenvalue weighted by molar-refractivity contribution is 14.1. The van der Waals surface area contributed by atoms with Gasteiger partial charge < -0.3 is 10.1 Å². The first-order chi connectivity index (χ1) is 9.13. The quantitative estimate of drug-likeness (QED) is 0.811. The van der Waals surface area contributed by atoms with Crippen molar-refractivity contribution < 1.29 is 4.74 Å². The highest BCUT2D eigenvalue weighted by atomic mass is 127. The normalized spacial score (nSPS) is 10.7. The van der Waals surface area contributed by atoms with Crippen LogP contribution in [-0.2, 0) is 6.54 Å². The van der Waals surface area contributed by atoms with E-state index in [1.807, 2.05) is 36.5 Å². The Bertz CT molecular complexity index is 526. The van der Waals surface area contributed by atoms with Gasteiger partial charge in [0.25, 0.3) is 0 Å². The number of nitrogens with one attached hydrogen (secondary N) is 1. The maximum absolute atomic E-state index is 5.79. The van der Waals surface area contributed by atoms with Gasteiger partial charge in [-0.2, -0.15) is 0 Å². The Labute approximate surface area is 127 Å². The standard InChI is InChI=1S/C15H17IN2O/c1-11(2)18-9-12-7-15(10-17-8-12)19-14-5-3-13(16)4-6-14/h3-8,10-11,18H,9H2,1-2H3. The maximum atomic E-state index is 5.79. The van der Waals surface area contributed by atoms with Crippen LogP contribution in [0.5, 0.6) is 11.5 Å². The molecule has 0 atom stereocenters. The Balaban J connectivity index is 2.04. The van der Waals surface area contributed by atoms with Gasteiger partial charge in [-0.3, -0.25) is 4.98 Å². The summed E-state index contributed by atoms with van der Waals surface area (Å²) >= 11 is 2.27. The van der Waals surface area contributed by atoms with Crippen LogP contribution in [0.3, 0.4) is 0 Å². The van der Waals surface area contributed by atoms with Gasteiger partial charge in [0.1, 0.15) is 11.5 Å². The van der Waals surface area contributed by atoms with Gasteiger partial charge in [0.15, 0.2) is 0 Å². The molecule has 0 spiro atoms. The molecule has 0 aliphatic rings. The first kappa shape index (κ1) is 14.3. The van der Waals surface area contributed by atoms with Crippen LogP contribution in [-0.4, -0.2) is 11.0 Å². The van der Waals surface area contributed by atoms with Crippen LogP contribution in [0.25, 0.3) is 0 Å². The van der Waals surface area contributed by atoms with Crippen LogP contribution in [0.2, 0.25) is 0 Å². The zero-order valence-electron chi connectivity index (χ0n) is 11.1. The van der Waals surface area contributed by atoms with Crippen LogP contribution < -0.4 is 10.1 Å². The molecule has 0 fully saturated rings. The second kappa shape index (κ2) is 6.86. The topological polar surface area (TPSA) is 34.2 Å². The smallest absolute Gasteiger partial charge is 0.146 e. The molecule has 0 aliphatic carbocycles. The molecule has 1 aromatic carbocycles.